The van der Waals surface area contributed by atoms with Gasteiger partial charge in [-0.15, -0.1) is 11.3 Å². The van der Waals surface area contributed by atoms with Crippen molar-refractivity contribution in [2.45, 2.75) is 6.92 Å². The molecule has 4 nitrogen and oxygen atoms in total. The molecule has 3 rings (SSSR count). The predicted octanol–water partition coefficient (Wildman–Crippen LogP) is 3.91. The van der Waals surface area contributed by atoms with Crippen LogP contribution in [0.5, 0.6) is 0 Å². The van der Waals surface area contributed by atoms with Crippen LogP contribution in [-0.4, -0.2) is 28.0 Å². The molecule has 112 valence electrons. The van der Waals surface area contributed by atoms with Gasteiger partial charge < -0.3 is 0 Å². The minimum atomic E-state index is -0.296. The van der Waals surface area contributed by atoms with Crippen LogP contribution in [0.4, 0.5) is 9.52 Å². The molecule has 1 aromatic carbocycles. The number of benzene rings is 1. The van der Waals surface area contributed by atoms with Crippen LogP contribution in [0.15, 0.2) is 45.7 Å². The molecule has 0 aliphatic carbocycles. The van der Waals surface area contributed by atoms with Gasteiger partial charge in [0.1, 0.15) is 5.82 Å². The Labute approximate surface area is 135 Å². The maximum Gasteiger partial charge on any atom is 0.266 e. The van der Waals surface area contributed by atoms with Gasteiger partial charge in [0.05, 0.1) is 4.91 Å². The van der Waals surface area contributed by atoms with E-state index in [9.17, 15) is 9.18 Å². The highest BCUT2D eigenvalue weighted by Gasteiger charge is 2.32. The van der Waals surface area contributed by atoms with Gasteiger partial charge >= 0.3 is 0 Å². The highest BCUT2D eigenvalue weighted by atomic mass is 32.2. The summed E-state index contributed by atoms with van der Waals surface area (Å²) in [5.41, 5.74) is 1.63. The van der Waals surface area contributed by atoms with Crippen molar-refractivity contribution in [2.75, 3.05) is 7.05 Å². The predicted molar refractivity (Wildman–Crippen MR) is 88.6 cm³/mol. The van der Waals surface area contributed by atoms with Gasteiger partial charge in [0.15, 0.2) is 5.17 Å². The second kappa shape index (κ2) is 6.02. The van der Waals surface area contributed by atoms with Gasteiger partial charge in [0, 0.05) is 18.6 Å². The fraction of sp³-hybridized carbons (Fsp3) is 0.133. The van der Waals surface area contributed by atoms with Crippen molar-refractivity contribution in [1.82, 2.24) is 9.88 Å². The van der Waals surface area contributed by atoms with Crippen molar-refractivity contribution in [3.05, 3.63) is 52.1 Å². The molecule has 1 aliphatic rings. The Morgan fingerprint density at radius 2 is 2.05 bits per heavy atom. The highest BCUT2D eigenvalue weighted by Crippen LogP contribution is 2.37. The highest BCUT2D eigenvalue weighted by molar-refractivity contribution is 8.18. The normalized spacial score (nSPS) is 19.1. The van der Waals surface area contributed by atoms with Crippen LogP contribution in [0.3, 0.4) is 0 Å². The molecule has 0 radical (unpaired) electrons. The van der Waals surface area contributed by atoms with E-state index in [-0.39, 0.29) is 11.7 Å². The number of carbonyl (C=O) groups excluding carboxylic acids is 1. The molecule has 0 unspecified atom stereocenters. The molecule has 1 aliphatic heterocycles. The Morgan fingerprint density at radius 1 is 1.32 bits per heavy atom. The lowest BCUT2D eigenvalue weighted by Gasteiger charge is -2.06. The van der Waals surface area contributed by atoms with Gasteiger partial charge in [0.25, 0.3) is 5.91 Å². The third kappa shape index (κ3) is 2.82. The van der Waals surface area contributed by atoms with Crippen molar-refractivity contribution in [1.29, 1.82) is 0 Å². The molecular weight excluding hydrogens is 321 g/mol. The number of amidine groups is 1. The average Bonchev–Trinajstić information content (AvgIpc) is 3.11. The summed E-state index contributed by atoms with van der Waals surface area (Å²) in [6, 6.07) is 6.11. The van der Waals surface area contributed by atoms with Crippen molar-refractivity contribution in [3.63, 3.8) is 0 Å². The third-order valence-corrected chi connectivity index (χ3v) is 5.11. The van der Waals surface area contributed by atoms with E-state index in [0.717, 1.165) is 11.1 Å². The first-order chi connectivity index (χ1) is 10.6. The Hall–Kier alpha value is -1.99. The number of rotatable bonds is 2. The smallest absolute Gasteiger partial charge is 0.266 e. The first-order valence-corrected chi connectivity index (χ1v) is 8.17. The van der Waals surface area contributed by atoms with E-state index in [2.05, 4.69) is 9.98 Å². The number of hydrogen-bond donors (Lipinski definition) is 0. The summed E-state index contributed by atoms with van der Waals surface area (Å²) in [5, 5.41) is 3.04. The van der Waals surface area contributed by atoms with E-state index in [4.69, 9.17) is 0 Å². The zero-order valence-electron chi connectivity index (χ0n) is 11.9. The van der Waals surface area contributed by atoms with E-state index in [1.54, 1.807) is 25.4 Å². The lowest BCUT2D eigenvalue weighted by atomic mass is 10.1. The van der Waals surface area contributed by atoms with Crippen molar-refractivity contribution in [3.8, 4) is 0 Å². The quantitative estimate of drug-likeness (QED) is 0.783. The fourth-order valence-electron chi connectivity index (χ4n) is 1.96. The monoisotopic (exact) mass is 333 g/mol. The molecule has 1 amide bonds. The molecular formula is C15H12FN3OS2. The second-order valence-electron chi connectivity index (χ2n) is 4.64. The SMILES string of the molecule is C/C(=C1/S/C(=N/c2nccs2)N(C)C1=O)c1ccc(F)cc1. The van der Waals surface area contributed by atoms with E-state index < -0.39 is 0 Å². The first kappa shape index (κ1) is 14.9. The van der Waals surface area contributed by atoms with Crippen molar-refractivity contribution in [2.24, 2.45) is 4.99 Å². The molecule has 2 heterocycles. The van der Waals surface area contributed by atoms with Crippen LogP contribution in [0.2, 0.25) is 0 Å². The number of halogens is 1. The zero-order valence-corrected chi connectivity index (χ0v) is 13.5. The summed E-state index contributed by atoms with van der Waals surface area (Å²) in [4.78, 5) is 23.0. The van der Waals surface area contributed by atoms with Gasteiger partial charge in [-0.25, -0.2) is 9.37 Å². The van der Waals surface area contributed by atoms with Gasteiger partial charge in [0.2, 0.25) is 5.13 Å². The largest absolute Gasteiger partial charge is 0.289 e. The minimum absolute atomic E-state index is 0.109. The number of thiazole rings is 1. The van der Waals surface area contributed by atoms with E-state index >= 15 is 0 Å². The van der Waals surface area contributed by atoms with Crippen LogP contribution in [0.25, 0.3) is 5.57 Å². The van der Waals surface area contributed by atoms with Crippen molar-refractivity contribution >= 4 is 44.9 Å². The topological polar surface area (TPSA) is 45.6 Å². The first-order valence-electron chi connectivity index (χ1n) is 6.47. The molecule has 1 saturated heterocycles. The third-order valence-electron chi connectivity index (χ3n) is 3.21. The summed E-state index contributed by atoms with van der Waals surface area (Å²) in [6.45, 7) is 1.85. The average molecular weight is 333 g/mol. The van der Waals surface area contributed by atoms with Gasteiger partial charge in [-0.2, -0.15) is 4.99 Å². The number of allylic oxidation sites excluding steroid dienone is 1. The molecule has 0 atom stereocenters. The molecule has 22 heavy (non-hydrogen) atoms. The number of hydrogen-bond acceptors (Lipinski definition) is 5. The van der Waals surface area contributed by atoms with Crippen LogP contribution in [0.1, 0.15) is 12.5 Å². The molecule has 2 aromatic rings. The zero-order chi connectivity index (χ0) is 15.7. The lowest BCUT2D eigenvalue weighted by Crippen LogP contribution is -2.23. The number of likely N-dealkylation sites (N-methyl/N-ethyl adjacent to an activating group) is 1. The van der Waals surface area contributed by atoms with Gasteiger partial charge in [-0.3, -0.25) is 9.69 Å². The number of aliphatic imine (C=N–C) groups is 1. The number of aromatic nitrogens is 1. The number of carbonyl (C=O) groups is 1. The van der Waals surface area contributed by atoms with Crippen molar-refractivity contribution < 1.29 is 9.18 Å². The fourth-order valence-corrected chi connectivity index (χ4v) is 3.55. The molecule has 0 saturated carbocycles. The maximum absolute atomic E-state index is 13.0. The maximum atomic E-state index is 13.0. The van der Waals surface area contributed by atoms with Crippen LogP contribution in [0, 0.1) is 5.82 Å². The molecule has 1 fully saturated rings. The number of nitrogens with zero attached hydrogens (tertiary/aromatic N) is 3. The molecule has 1 aromatic heterocycles. The molecule has 7 heteroatoms. The van der Waals surface area contributed by atoms with E-state index in [0.29, 0.717) is 15.2 Å². The minimum Gasteiger partial charge on any atom is -0.289 e. The summed E-state index contributed by atoms with van der Waals surface area (Å²) in [5.74, 6) is -0.405. The summed E-state index contributed by atoms with van der Waals surface area (Å²) < 4.78 is 13.0. The molecule has 0 bridgehead atoms. The number of amides is 1. The summed E-state index contributed by atoms with van der Waals surface area (Å²) in [7, 11) is 1.69. The molecule has 0 spiro atoms. The Balaban J connectivity index is 1.96. The standard InChI is InChI=1S/C15H12FN3OS2/c1-9(10-3-5-11(16)6-4-10)12-13(20)19(2)15(22-12)18-14-17-7-8-21-14/h3-8H,1-2H3/b12-9-,18-15+. The molecule has 0 N–H and O–H groups in total. The van der Waals surface area contributed by atoms with Gasteiger partial charge in [-0.05, 0) is 42.0 Å². The lowest BCUT2D eigenvalue weighted by molar-refractivity contribution is -0.121. The van der Waals surface area contributed by atoms with Crippen LogP contribution < -0.4 is 0 Å². The summed E-state index contributed by atoms with van der Waals surface area (Å²) >= 11 is 2.72. The van der Waals surface area contributed by atoms with E-state index in [1.165, 1.54) is 40.1 Å². The Bertz CT molecular complexity index is 767. The van der Waals surface area contributed by atoms with Gasteiger partial charge in [-0.1, -0.05) is 12.1 Å². The number of thioether (sulfide) groups is 1. The van der Waals surface area contributed by atoms with Crippen LogP contribution >= 0.6 is 23.1 Å². The Morgan fingerprint density at radius 3 is 2.68 bits per heavy atom. The van der Waals surface area contributed by atoms with E-state index in [1.807, 2.05) is 12.3 Å². The Kier molecular flexibility index (Phi) is 4.08. The summed E-state index contributed by atoms with van der Waals surface area (Å²) in [6.07, 6.45) is 1.67. The van der Waals surface area contributed by atoms with Crippen LogP contribution in [-0.2, 0) is 4.79 Å². The second-order valence-corrected chi connectivity index (χ2v) is 6.49.